The van der Waals surface area contributed by atoms with Crippen molar-refractivity contribution in [3.63, 3.8) is 0 Å². The van der Waals surface area contributed by atoms with Crippen LogP contribution in [-0.4, -0.2) is 12.5 Å². The van der Waals surface area contributed by atoms with Crippen LogP contribution < -0.4 is 10.6 Å². The molecule has 2 rings (SSSR count). The molecule has 0 fully saturated rings. The number of hydrogen-bond donors (Lipinski definition) is 2. The Hall–Kier alpha value is -0.670. The first-order chi connectivity index (χ1) is 5.86. The van der Waals surface area contributed by atoms with Gasteiger partial charge in [0.05, 0.1) is 6.67 Å². The molecule has 1 aliphatic rings. The fraction of sp³-hybridized carbons (Fsp3) is 0.333. The largest absolute Gasteiger partial charge is 0.372 e. The molecule has 1 heterocycles. The van der Waals surface area contributed by atoms with E-state index >= 15 is 0 Å². The van der Waals surface area contributed by atoms with Crippen LogP contribution in [-0.2, 0) is 0 Å². The molecule has 3 heteroatoms. The zero-order valence-electron chi connectivity index (χ0n) is 7.05. The fourth-order valence-electron chi connectivity index (χ4n) is 1.25. The lowest BCUT2D eigenvalue weighted by molar-refractivity contribution is 0.856. The van der Waals surface area contributed by atoms with Crippen LogP contribution in [0.4, 0.5) is 5.69 Å². The van der Waals surface area contributed by atoms with E-state index in [1.54, 1.807) is 0 Å². The first kappa shape index (κ1) is 7.95. The van der Waals surface area contributed by atoms with E-state index in [1.165, 1.54) is 16.1 Å². The quantitative estimate of drug-likeness (QED) is 0.638. The molecule has 1 aromatic carbocycles. The van der Waals surface area contributed by atoms with Gasteiger partial charge in [0.2, 0.25) is 0 Å². The van der Waals surface area contributed by atoms with Crippen molar-refractivity contribution >= 4 is 17.4 Å². The van der Waals surface area contributed by atoms with Crippen molar-refractivity contribution in [1.82, 2.24) is 5.32 Å². The first-order valence-electron chi connectivity index (χ1n) is 4.04. The van der Waals surface area contributed by atoms with Gasteiger partial charge in [0.15, 0.2) is 0 Å². The number of thioether (sulfide) groups is 1. The summed E-state index contributed by atoms with van der Waals surface area (Å²) in [4.78, 5) is 1.34. The third-order valence-corrected chi connectivity index (χ3v) is 2.88. The highest BCUT2D eigenvalue weighted by Crippen LogP contribution is 2.28. The van der Waals surface area contributed by atoms with Gasteiger partial charge >= 0.3 is 0 Å². The summed E-state index contributed by atoms with van der Waals surface area (Å²) in [5, 5.41) is 6.60. The summed E-state index contributed by atoms with van der Waals surface area (Å²) in [6.45, 7) is 2.98. The summed E-state index contributed by atoms with van der Waals surface area (Å²) in [5.41, 5.74) is 2.56. The topological polar surface area (TPSA) is 24.1 Å². The molecule has 0 unspecified atom stereocenters. The smallest absolute Gasteiger partial charge is 0.0659 e. The van der Waals surface area contributed by atoms with E-state index in [1.807, 2.05) is 11.8 Å². The molecular weight excluding hydrogens is 168 g/mol. The number of benzene rings is 1. The van der Waals surface area contributed by atoms with Crippen LogP contribution in [0.2, 0.25) is 0 Å². The lowest BCUT2D eigenvalue weighted by atomic mass is 10.2. The van der Waals surface area contributed by atoms with Crippen molar-refractivity contribution in [2.45, 2.75) is 11.8 Å². The molecule has 0 saturated heterocycles. The van der Waals surface area contributed by atoms with Crippen LogP contribution in [0.1, 0.15) is 5.56 Å². The maximum Gasteiger partial charge on any atom is 0.0659 e. The van der Waals surface area contributed by atoms with Gasteiger partial charge in [0.25, 0.3) is 0 Å². The van der Waals surface area contributed by atoms with Crippen molar-refractivity contribution in [3.05, 3.63) is 23.8 Å². The van der Waals surface area contributed by atoms with Gasteiger partial charge in [0.1, 0.15) is 0 Å². The number of anilines is 1. The van der Waals surface area contributed by atoms with Gasteiger partial charge in [-0.2, -0.15) is 0 Å². The van der Waals surface area contributed by atoms with Crippen LogP contribution in [0.5, 0.6) is 0 Å². The Kier molecular flexibility index (Phi) is 2.23. The summed E-state index contributed by atoms with van der Waals surface area (Å²) >= 11 is 1.84. The second kappa shape index (κ2) is 3.37. The van der Waals surface area contributed by atoms with Gasteiger partial charge in [-0.05, 0) is 24.6 Å². The van der Waals surface area contributed by atoms with E-state index in [-0.39, 0.29) is 0 Å². The molecule has 0 atom stereocenters. The molecule has 0 spiro atoms. The van der Waals surface area contributed by atoms with Crippen molar-refractivity contribution in [2.24, 2.45) is 0 Å². The molecule has 1 aromatic rings. The summed E-state index contributed by atoms with van der Waals surface area (Å²) in [6.07, 6.45) is 0. The lowest BCUT2D eigenvalue weighted by Gasteiger charge is -2.06. The minimum absolute atomic E-state index is 0.865. The standard InChI is InChI=1S/C9H12N2S/c1-7-2-3-9-8(4-7)11-5-10-6-12-9/h2-4,10-11H,5-6H2,1H3. The Morgan fingerprint density at radius 3 is 3.25 bits per heavy atom. The average molecular weight is 180 g/mol. The van der Waals surface area contributed by atoms with Crippen molar-refractivity contribution in [2.75, 3.05) is 17.9 Å². The number of fused-ring (bicyclic) bond motifs is 1. The van der Waals surface area contributed by atoms with Gasteiger partial charge in [-0.15, -0.1) is 11.8 Å². The van der Waals surface area contributed by atoms with Crippen molar-refractivity contribution in [1.29, 1.82) is 0 Å². The molecule has 2 N–H and O–H groups in total. The van der Waals surface area contributed by atoms with Gasteiger partial charge in [-0.1, -0.05) is 6.07 Å². The average Bonchev–Trinajstić information content (AvgIpc) is 2.28. The molecule has 0 amide bonds. The number of rotatable bonds is 0. The molecule has 0 aliphatic carbocycles. The Morgan fingerprint density at radius 2 is 2.33 bits per heavy atom. The Morgan fingerprint density at radius 1 is 1.42 bits per heavy atom. The Balaban J connectivity index is 2.36. The number of aryl methyl sites for hydroxylation is 1. The van der Waals surface area contributed by atoms with E-state index in [4.69, 9.17) is 0 Å². The van der Waals surface area contributed by atoms with Crippen LogP contribution >= 0.6 is 11.8 Å². The predicted octanol–water partition coefficient (Wildman–Crippen LogP) is 2.02. The monoisotopic (exact) mass is 180 g/mol. The molecule has 2 nitrogen and oxygen atoms in total. The van der Waals surface area contributed by atoms with Crippen LogP contribution in [0.3, 0.4) is 0 Å². The highest BCUT2D eigenvalue weighted by molar-refractivity contribution is 7.99. The summed E-state index contributed by atoms with van der Waals surface area (Å²) in [5.74, 6) is 0.989. The number of nitrogens with one attached hydrogen (secondary N) is 2. The molecule has 64 valence electrons. The van der Waals surface area contributed by atoms with Crippen molar-refractivity contribution < 1.29 is 0 Å². The van der Waals surface area contributed by atoms with Crippen LogP contribution in [0, 0.1) is 6.92 Å². The zero-order valence-corrected chi connectivity index (χ0v) is 7.87. The molecule has 0 bridgehead atoms. The molecule has 0 radical (unpaired) electrons. The predicted molar refractivity (Wildman–Crippen MR) is 53.5 cm³/mol. The Labute approximate surface area is 76.7 Å². The summed E-state index contributed by atoms with van der Waals surface area (Å²) in [7, 11) is 0. The maximum atomic E-state index is 3.33. The van der Waals surface area contributed by atoms with Crippen molar-refractivity contribution in [3.8, 4) is 0 Å². The normalized spacial score (nSPS) is 16.1. The SMILES string of the molecule is Cc1ccc2c(c1)NCNCS2. The second-order valence-electron chi connectivity index (χ2n) is 2.89. The minimum atomic E-state index is 0.865. The molecule has 1 aliphatic heterocycles. The molecular formula is C9H12N2S. The third kappa shape index (κ3) is 1.57. The second-order valence-corrected chi connectivity index (χ2v) is 3.91. The van der Waals surface area contributed by atoms with Gasteiger partial charge in [-0.25, -0.2) is 0 Å². The Bertz CT molecular complexity index is 286. The maximum absolute atomic E-state index is 3.33. The van der Waals surface area contributed by atoms with Crippen LogP contribution in [0.15, 0.2) is 23.1 Å². The summed E-state index contributed by atoms with van der Waals surface area (Å²) < 4.78 is 0. The van der Waals surface area contributed by atoms with Gasteiger partial charge < -0.3 is 5.32 Å². The van der Waals surface area contributed by atoms with E-state index < -0.39 is 0 Å². The van der Waals surface area contributed by atoms with Crippen LogP contribution in [0.25, 0.3) is 0 Å². The highest BCUT2D eigenvalue weighted by atomic mass is 32.2. The van der Waals surface area contributed by atoms with Gasteiger partial charge in [-0.3, -0.25) is 5.32 Å². The van der Waals surface area contributed by atoms with E-state index in [0.717, 1.165) is 12.5 Å². The highest BCUT2D eigenvalue weighted by Gasteiger charge is 2.05. The first-order valence-corrected chi connectivity index (χ1v) is 5.03. The van der Waals surface area contributed by atoms with Gasteiger partial charge in [0, 0.05) is 16.5 Å². The molecule has 0 aromatic heterocycles. The molecule has 0 saturated carbocycles. The number of hydrogen-bond acceptors (Lipinski definition) is 3. The fourth-order valence-corrected chi connectivity index (χ4v) is 2.06. The third-order valence-electron chi connectivity index (χ3n) is 1.87. The van der Waals surface area contributed by atoms with E-state index in [0.29, 0.717) is 0 Å². The lowest BCUT2D eigenvalue weighted by Crippen LogP contribution is -2.18. The van der Waals surface area contributed by atoms with E-state index in [9.17, 15) is 0 Å². The summed E-state index contributed by atoms with van der Waals surface area (Å²) in [6, 6.07) is 6.52. The molecule has 12 heavy (non-hydrogen) atoms. The zero-order chi connectivity index (χ0) is 8.39. The minimum Gasteiger partial charge on any atom is -0.372 e. The van der Waals surface area contributed by atoms with E-state index in [2.05, 4.69) is 35.8 Å².